The normalized spacial score (nSPS) is 18.2. The zero-order valence-corrected chi connectivity index (χ0v) is 24.6. The average Bonchev–Trinajstić information content (AvgIpc) is 3.50. The summed E-state index contributed by atoms with van der Waals surface area (Å²) in [6, 6.07) is 22.7. The number of nitrogens with zero attached hydrogens (tertiary/aromatic N) is 3. The minimum absolute atomic E-state index is 0.0524. The number of carbonyl (C=O) groups is 2. The summed E-state index contributed by atoms with van der Waals surface area (Å²) in [4.78, 5) is 31.1. The van der Waals surface area contributed by atoms with Gasteiger partial charge in [0.2, 0.25) is 0 Å². The topological polar surface area (TPSA) is 103 Å². The number of hydrogen-bond donors (Lipinski definition) is 3. The molecule has 0 unspecified atom stereocenters. The van der Waals surface area contributed by atoms with Crippen LogP contribution in [0.3, 0.4) is 0 Å². The van der Waals surface area contributed by atoms with Crippen molar-refractivity contribution in [3.8, 4) is 0 Å². The van der Waals surface area contributed by atoms with Crippen molar-refractivity contribution in [2.24, 2.45) is 5.73 Å². The Kier molecular flexibility index (Phi) is 10.3. The Morgan fingerprint density at radius 1 is 1.00 bits per heavy atom. The van der Waals surface area contributed by atoms with Crippen LogP contribution >= 0.6 is 0 Å². The summed E-state index contributed by atoms with van der Waals surface area (Å²) in [6.45, 7) is 9.75. The maximum atomic E-state index is 13.7. The molecule has 3 aromatic rings. The van der Waals surface area contributed by atoms with Crippen molar-refractivity contribution in [1.29, 1.82) is 0 Å². The second kappa shape index (κ2) is 14.5. The van der Waals surface area contributed by atoms with Crippen molar-refractivity contribution in [2.75, 3.05) is 52.5 Å². The summed E-state index contributed by atoms with van der Waals surface area (Å²) in [6.07, 6.45) is 1.81. The highest BCUT2D eigenvalue weighted by Crippen LogP contribution is 2.24. The number of benzene rings is 3. The summed E-state index contributed by atoms with van der Waals surface area (Å²) >= 11 is 0. The first-order valence-corrected chi connectivity index (χ1v) is 15.1. The first-order valence-electron chi connectivity index (χ1n) is 15.1. The molecule has 3 aromatic carbocycles. The Morgan fingerprint density at radius 2 is 1.74 bits per heavy atom. The lowest BCUT2D eigenvalue weighted by atomic mass is 10.00. The molecular formula is C33H44N6O3. The highest BCUT2D eigenvalue weighted by atomic mass is 16.5. The number of rotatable bonds is 11. The van der Waals surface area contributed by atoms with Gasteiger partial charge in [0.15, 0.2) is 0 Å². The molecule has 2 fully saturated rings. The molecule has 9 heteroatoms. The molecule has 42 heavy (non-hydrogen) atoms. The molecule has 0 bridgehead atoms. The molecule has 0 radical (unpaired) electrons. The Hall–Kier alpha value is -3.66. The molecule has 4 amide bonds. The number of fused-ring (bicyclic) bond motifs is 1. The summed E-state index contributed by atoms with van der Waals surface area (Å²) in [5.74, 6) is 0. The van der Waals surface area contributed by atoms with Gasteiger partial charge in [0.05, 0.1) is 19.3 Å². The third kappa shape index (κ3) is 8.00. The van der Waals surface area contributed by atoms with Gasteiger partial charge in [-0.3, -0.25) is 4.90 Å². The standard InChI is InChI=1S/C33H44N6O3/c1-25(30-9-4-7-28-6-2-3-8-31(28)30)36-33(41)39(16-5-15-37-18-20-42-21-19-37)23-27-12-10-26(11-13-27)22-35-29-14-17-38(24-29)32(34)40/h2-4,6-13,25,29,35H,5,14-24H2,1H3,(H2,34,40)(H,36,41)/t25-,29-/m0/s1. The lowest BCUT2D eigenvalue weighted by molar-refractivity contribution is 0.0364. The molecule has 0 aliphatic carbocycles. The second-order valence-corrected chi connectivity index (χ2v) is 11.4. The quantitative estimate of drug-likeness (QED) is 0.321. The third-order valence-corrected chi connectivity index (χ3v) is 8.41. The van der Waals surface area contributed by atoms with Crippen molar-refractivity contribution in [3.05, 3.63) is 83.4 Å². The van der Waals surface area contributed by atoms with Crippen molar-refractivity contribution >= 4 is 22.8 Å². The van der Waals surface area contributed by atoms with Crippen LogP contribution in [0.15, 0.2) is 66.7 Å². The minimum atomic E-state index is -0.353. The second-order valence-electron chi connectivity index (χ2n) is 11.4. The maximum Gasteiger partial charge on any atom is 0.318 e. The van der Waals surface area contributed by atoms with Gasteiger partial charge < -0.3 is 30.9 Å². The van der Waals surface area contributed by atoms with Gasteiger partial charge >= 0.3 is 12.1 Å². The van der Waals surface area contributed by atoms with Crippen molar-refractivity contribution in [2.45, 2.75) is 44.9 Å². The largest absolute Gasteiger partial charge is 0.379 e. The number of primary amides is 1. The number of nitrogens with one attached hydrogen (secondary N) is 2. The predicted octanol–water partition coefficient (Wildman–Crippen LogP) is 4.08. The Balaban J connectivity index is 1.20. The van der Waals surface area contributed by atoms with E-state index in [1.807, 2.05) is 17.0 Å². The number of ether oxygens (including phenoxy) is 1. The summed E-state index contributed by atoms with van der Waals surface area (Å²) in [7, 11) is 0. The lowest BCUT2D eigenvalue weighted by Gasteiger charge is -2.29. The van der Waals surface area contributed by atoms with E-state index in [0.29, 0.717) is 26.2 Å². The monoisotopic (exact) mass is 572 g/mol. The van der Waals surface area contributed by atoms with E-state index in [-0.39, 0.29) is 24.1 Å². The lowest BCUT2D eigenvalue weighted by Crippen LogP contribution is -2.43. The molecule has 5 rings (SSSR count). The van der Waals surface area contributed by atoms with E-state index in [9.17, 15) is 9.59 Å². The molecule has 0 aromatic heterocycles. The molecule has 2 aliphatic rings. The molecule has 4 N–H and O–H groups in total. The Bertz CT molecular complexity index is 1320. The number of urea groups is 2. The van der Waals surface area contributed by atoms with E-state index in [1.165, 1.54) is 10.9 Å². The molecule has 0 saturated carbocycles. The van der Waals surface area contributed by atoms with Gasteiger partial charge in [-0.2, -0.15) is 0 Å². The van der Waals surface area contributed by atoms with Crippen LogP contribution in [0, 0.1) is 0 Å². The number of likely N-dealkylation sites (tertiary alicyclic amines) is 1. The summed E-state index contributed by atoms with van der Waals surface area (Å²) in [5.41, 5.74) is 8.80. The van der Waals surface area contributed by atoms with E-state index in [0.717, 1.165) is 68.7 Å². The van der Waals surface area contributed by atoms with Crippen LogP contribution in [0.25, 0.3) is 10.8 Å². The Morgan fingerprint density at radius 3 is 2.50 bits per heavy atom. The van der Waals surface area contributed by atoms with Crippen LogP contribution in [-0.4, -0.2) is 85.3 Å². The van der Waals surface area contributed by atoms with Gasteiger partial charge in [0.25, 0.3) is 0 Å². The molecular weight excluding hydrogens is 528 g/mol. The number of carbonyl (C=O) groups excluding carboxylic acids is 2. The van der Waals surface area contributed by atoms with Crippen LogP contribution in [0.1, 0.15) is 42.5 Å². The molecule has 2 heterocycles. The van der Waals surface area contributed by atoms with Crippen LogP contribution < -0.4 is 16.4 Å². The van der Waals surface area contributed by atoms with Gasteiger partial charge in [0, 0.05) is 58.4 Å². The number of morpholine rings is 1. The van der Waals surface area contributed by atoms with E-state index in [1.54, 1.807) is 4.90 Å². The highest BCUT2D eigenvalue weighted by Gasteiger charge is 2.24. The van der Waals surface area contributed by atoms with Crippen LogP contribution in [0.5, 0.6) is 0 Å². The fraction of sp³-hybridized carbons (Fsp3) is 0.455. The van der Waals surface area contributed by atoms with E-state index < -0.39 is 0 Å². The average molecular weight is 573 g/mol. The first-order chi connectivity index (χ1) is 20.5. The van der Waals surface area contributed by atoms with Gasteiger partial charge in [-0.25, -0.2) is 9.59 Å². The third-order valence-electron chi connectivity index (χ3n) is 8.41. The fourth-order valence-corrected chi connectivity index (χ4v) is 5.92. The van der Waals surface area contributed by atoms with Gasteiger partial charge in [-0.15, -0.1) is 0 Å². The SMILES string of the molecule is C[C@H](NC(=O)N(CCCN1CCOCC1)Cc1ccc(CN[C@H]2CCN(C(N)=O)C2)cc1)c1cccc2ccccc12. The van der Waals surface area contributed by atoms with Gasteiger partial charge in [-0.1, -0.05) is 66.7 Å². The smallest absolute Gasteiger partial charge is 0.318 e. The van der Waals surface area contributed by atoms with E-state index in [2.05, 4.69) is 77.1 Å². The zero-order chi connectivity index (χ0) is 29.3. The number of hydrogen-bond acceptors (Lipinski definition) is 5. The van der Waals surface area contributed by atoms with E-state index >= 15 is 0 Å². The van der Waals surface area contributed by atoms with E-state index in [4.69, 9.17) is 10.5 Å². The summed E-state index contributed by atoms with van der Waals surface area (Å²) in [5, 5.41) is 9.15. The predicted molar refractivity (Wildman–Crippen MR) is 166 cm³/mol. The number of nitrogens with two attached hydrogens (primary N) is 1. The molecule has 224 valence electrons. The van der Waals surface area contributed by atoms with Gasteiger partial charge in [0.1, 0.15) is 0 Å². The maximum absolute atomic E-state index is 13.7. The zero-order valence-electron chi connectivity index (χ0n) is 24.6. The molecule has 2 atom stereocenters. The van der Waals surface area contributed by atoms with Crippen molar-refractivity contribution in [3.63, 3.8) is 0 Å². The van der Waals surface area contributed by atoms with Crippen molar-refractivity contribution < 1.29 is 14.3 Å². The molecule has 2 aliphatic heterocycles. The van der Waals surface area contributed by atoms with Crippen LogP contribution in [0.4, 0.5) is 9.59 Å². The van der Waals surface area contributed by atoms with Crippen molar-refractivity contribution in [1.82, 2.24) is 25.3 Å². The fourth-order valence-electron chi connectivity index (χ4n) is 5.92. The first kappa shape index (κ1) is 29.8. The highest BCUT2D eigenvalue weighted by molar-refractivity contribution is 5.86. The molecule has 2 saturated heterocycles. The Labute approximate surface area is 249 Å². The summed E-state index contributed by atoms with van der Waals surface area (Å²) < 4.78 is 5.49. The van der Waals surface area contributed by atoms with Gasteiger partial charge in [-0.05, 0) is 47.2 Å². The van der Waals surface area contributed by atoms with Crippen LogP contribution in [0.2, 0.25) is 0 Å². The van der Waals surface area contributed by atoms with Crippen LogP contribution in [-0.2, 0) is 17.8 Å². The molecule has 0 spiro atoms. The minimum Gasteiger partial charge on any atom is -0.379 e. The molecule has 9 nitrogen and oxygen atoms in total. The number of amides is 4.